The van der Waals surface area contributed by atoms with Crippen LogP contribution in [0.25, 0.3) is 0 Å². The highest BCUT2D eigenvalue weighted by atomic mass is 35.5. The van der Waals surface area contributed by atoms with Gasteiger partial charge in [0.25, 0.3) is 0 Å². The average molecular weight is 248 g/mol. The summed E-state index contributed by atoms with van der Waals surface area (Å²) in [6.45, 7) is 0. The number of hydrogen-bond acceptors (Lipinski definition) is 2. The van der Waals surface area contributed by atoms with Crippen LogP contribution < -0.4 is 10.6 Å². The molecule has 0 saturated carbocycles. The summed E-state index contributed by atoms with van der Waals surface area (Å²) >= 11 is 5.79. The Hall–Kier alpha value is -2.07. The number of amides is 2. The summed E-state index contributed by atoms with van der Waals surface area (Å²) in [4.78, 5) is 16.9. The molecule has 2 N–H and O–H groups in total. The predicted molar refractivity (Wildman–Crippen MR) is 67.4 cm³/mol. The molecule has 1 heterocycles. The van der Waals surface area contributed by atoms with Crippen molar-refractivity contribution < 1.29 is 4.79 Å². The van der Waals surface area contributed by atoms with Crippen LogP contribution in [-0.4, -0.2) is 11.0 Å². The molecule has 0 spiro atoms. The van der Waals surface area contributed by atoms with Crippen LogP contribution in [0.4, 0.5) is 16.3 Å². The fourth-order valence-corrected chi connectivity index (χ4v) is 1.57. The van der Waals surface area contributed by atoms with E-state index in [4.69, 9.17) is 17.3 Å². The lowest BCUT2D eigenvalue weighted by molar-refractivity contribution is 0.256. The first-order valence-electron chi connectivity index (χ1n) is 4.94. The molecule has 2 amide bonds. The summed E-state index contributed by atoms with van der Waals surface area (Å²) in [5.41, 5.74) is 5.98. The summed E-state index contributed by atoms with van der Waals surface area (Å²) in [5, 5.41) is 0.596. The number of nitrogens with two attached hydrogens (primary N) is 1. The van der Waals surface area contributed by atoms with Gasteiger partial charge in [-0.25, -0.2) is 14.7 Å². The van der Waals surface area contributed by atoms with Gasteiger partial charge in [0.05, 0.1) is 5.69 Å². The SMILES string of the molecule is NC(=O)N(c1ccc(Cl)cc1)c1ccccn1. The molecule has 0 unspecified atom stereocenters. The van der Waals surface area contributed by atoms with Gasteiger partial charge in [-0.2, -0.15) is 0 Å². The lowest BCUT2D eigenvalue weighted by atomic mass is 10.3. The van der Waals surface area contributed by atoms with E-state index in [-0.39, 0.29) is 0 Å². The highest BCUT2D eigenvalue weighted by Gasteiger charge is 2.15. The second kappa shape index (κ2) is 4.84. The molecule has 4 nitrogen and oxygen atoms in total. The van der Waals surface area contributed by atoms with E-state index >= 15 is 0 Å². The van der Waals surface area contributed by atoms with E-state index in [1.165, 1.54) is 4.90 Å². The zero-order valence-electron chi connectivity index (χ0n) is 8.88. The number of anilines is 2. The summed E-state index contributed by atoms with van der Waals surface area (Å²) in [6, 6.07) is 11.5. The first-order valence-corrected chi connectivity index (χ1v) is 5.32. The van der Waals surface area contributed by atoms with E-state index in [1.807, 2.05) is 0 Å². The van der Waals surface area contributed by atoms with E-state index in [2.05, 4.69) is 4.98 Å². The van der Waals surface area contributed by atoms with Crippen LogP contribution in [0, 0.1) is 0 Å². The van der Waals surface area contributed by atoms with Gasteiger partial charge in [-0.05, 0) is 36.4 Å². The third-order valence-corrected chi connectivity index (χ3v) is 2.44. The molecule has 0 atom stereocenters. The monoisotopic (exact) mass is 247 g/mol. The van der Waals surface area contributed by atoms with Gasteiger partial charge in [0.1, 0.15) is 5.82 Å². The molecule has 5 heteroatoms. The normalized spacial score (nSPS) is 9.94. The summed E-state index contributed by atoms with van der Waals surface area (Å²) in [5.74, 6) is 0.474. The van der Waals surface area contributed by atoms with Crippen LogP contribution in [0.1, 0.15) is 0 Å². The Balaban J connectivity index is 2.43. The molecule has 0 fully saturated rings. The number of aromatic nitrogens is 1. The van der Waals surface area contributed by atoms with Gasteiger partial charge in [-0.15, -0.1) is 0 Å². The highest BCUT2D eigenvalue weighted by molar-refractivity contribution is 6.30. The van der Waals surface area contributed by atoms with Crippen LogP contribution in [0.15, 0.2) is 48.7 Å². The Labute approximate surface area is 104 Å². The van der Waals surface area contributed by atoms with Gasteiger partial charge >= 0.3 is 6.03 Å². The lowest BCUT2D eigenvalue weighted by Crippen LogP contribution is -2.31. The van der Waals surface area contributed by atoms with Gasteiger partial charge in [0.2, 0.25) is 0 Å². The van der Waals surface area contributed by atoms with E-state index in [9.17, 15) is 4.79 Å². The molecular formula is C12H10ClN3O. The van der Waals surface area contributed by atoms with Crippen molar-refractivity contribution in [3.05, 3.63) is 53.7 Å². The van der Waals surface area contributed by atoms with Crippen LogP contribution in [-0.2, 0) is 0 Å². The van der Waals surface area contributed by atoms with Crippen molar-refractivity contribution in [1.29, 1.82) is 0 Å². The topological polar surface area (TPSA) is 59.2 Å². The van der Waals surface area contributed by atoms with Crippen molar-refractivity contribution >= 4 is 29.1 Å². The molecule has 0 bridgehead atoms. The fraction of sp³-hybridized carbons (Fsp3) is 0. The van der Waals surface area contributed by atoms with E-state index in [0.29, 0.717) is 16.5 Å². The summed E-state index contributed by atoms with van der Waals surface area (Å²) in [6.07, 6.45) is 1.60. The molecular weight excluding hydrogens is 238 g/mol. The Morgan fingerprint density at radius 3 is 2.41 bits per heavy atom. The van der Waals surface area contributed by atoms with Crippen molar-refractivity contribution in [1.82, 2.24) is 4.98 Å². The molecule has 0 aliphatic rings. The number of urea groups is 1. The number of pyridine rings is 1. The number of rotatable bonds is 2. The molecule has 0 aliphatic carbocycles. The maximum atomic E-state index is 11.5. The van der Waals surface area contributed by atoms with Crippen molar-refractivity contribution in [2.75, 3.05) is 4.90 Å². The maximum absolute atomic E-state index is 11.5. The highest BCUT2D eigenvalue weighted by Crippen LogP contribution is 2.24. The Morgan fingerprint density at radius 2 is 1.88 bits per heavy atom. The summed E-state index contributed by atoms with van der Waals surface area (Å²) in [7, 11) is 0. The first kappa shape index (κ1) is 11.4. The van der Waals surface area contributed by atoms with Crippen LogP contribution in [0.3, 0.4) is 0 Å². The molecule has 17 heavy (non-hydrogen) atoms. The lowest BCUT2D eigenvalue weighted by Gasteiger charge is -2.19. The van der Waals surface area contributed by atoms with Gasteiger partial charge in [0.15, 0.2) is 0 Å². The van der Waals surface area contributed by atoms with E-state index < -0.39 is 6.03 Å². The molecule has 2 aromatic rings. The number of halogens is 1. The first-order chi connectivity index (χ1) is 8.18. The minimum atomic E-state index is -0.592. The maximum Gasteiger partial charge on any atom is 0.325 e. The number of nitrogens with zero attached hydrogens (tertiary/aromatic N) is 2. The number of carbonyl (C=O) groups excluding carboxylic acids is 1. The third-order valence-electron chi connectivity index (χ3n) is 2.18. The standard InChI is InChI=1S/C12H10ClN3O/c13-9-4-6-10(7-5-9)16(12(14)17)11-3-1-2-8-15-11/h1-8H,(H2,14,17). The van der Waals surface area contributed by atoms with Crippen molar-refractivity contribution in [3.63, 3.8) is 0 Å². The van der Waals surface area contributed by atoms with E-state index in [0.717, 1.165) is 0 Å². The zero-order chi connectivity index (χ0) is 12.3. The van der Waals surface area contributed by atoms with Crippen molar-refractivity contribution in [2.24, 2.45) is 5.73 Å². The number of hydrogen-bond donors (Lipinski definition) is 1. The molecule has 0 radical (unpaired) electrons. The minimum Gasteiger partial charge on any atom is -0.351 e. The van der Waals surface area contributed by atoms with Crippen LogP contribution in [0.5, 0.6) is 0 Å². The number of benzene rings is 1. The van der Waals surface area contributed by atoms with Gasteiger partial charge < -0.3 is 5.73 Å². The molecule has 1 aromatic carbocycles. The van der Waals surface area contributed by atoms with E-state index in [1.54, 1.807) is 48.7 Å². The predicted octanol–water partition coefficient (Wildman–Crippen LogP) is 2.95. The Kier molecular flexibility index (Phi) is 3.25. The molecule has 0 saturated heterocycles. The zero-order valence-corrected chi connectivity index (χ0v) is 9.63. The Morgan fingerprint density at radius 1 is 1.18 bits per heavy atom. The molecule has 2 rings (SSSR count). The van der Waals surface area contributed by atoms with Crippen LogP contribution in [0.2, 0.25) is 5.02 Å². The molecule has 1 aromatic heterocycles. The fourth-order valence-electron chi connectivity index (χ4n) is 1.45. The quantitative estimate of drug-likeness (QED) is 0.887. The summed E-state index contributed by atoms with van der Waals surface area (Å²) < 4.78 is 0. The number of carbonyl (C=O) groups is 1. The van der Waals surface area contributed by atoms with Gasteiger partial charge in [0, 0.05) is 11.2 Å². The molecule has 0 aliphatic heterocycles. The molecule has 86 valence electrons. The largest absolute Gasteiger partial charge is 0.351 e. The minimum absolute atomic E-state index is 0.474. The van der Waals surface area contributed by atoms with Crippen molar-refractivity contribution in [3.8, 4) is 0 Å². The third kappa shape index (κ3) is 2.54. The van der Waals surface area contributed by atoms with Crippen molar-refractivity contribution in [2.45, 2.75) is 0 Å². The van der Waals surface area contributed by atoms with Gasteiger partial charge in [-0.3, -0.25) is 0 Å². The number of primary amides is 1. The second-order valence-electron chi connectivity index (χ2n) is 3.34. The smallest absolute Gasteiger partial charge is 0.325 e. The second-order valence-corrected chi connectivity index (χ2v) is 3.77. The Bertz CT molecular complexity index is 513. The average Bonchev–Trinajstić information content (AvgIpc) is 2.33. The van der Waals surface area contributed by atoms with Gasteiger partial charge in [-0.1, -0.05) is 17.7 Å². The van der Waals surface area contributed by atoms with Crippen LogP contribution >= 0.6 is 11.6 Å².